The monoisotopic (exact) mass is 276 g/mol. The van der Waals surface area contributed by atoms with Crippen LogP contribution in [-0.2, 0) is 7.05 Å². The van der Waals surface area contributed by atoms with Crippen LogP contribution in [0.2, 0.25) is 5.02 Å². The van der Waals surface area contributed by atoms with Gasteiger partial charge in [-0.25, -0.2) is 0 Å². The van der Waals surface area contributed by atoms with E-state index >= 15 is 0 Å². The van der Waals surface area contributed by atoms with Gasteiger partial charge < -0.3 is 9.88 Å². The fourth-order valence-electron chi connectivity index (χ4n) is 1.98. The number of rotatable bonds is 4. The largest absolute Gasteiger partial charge is 0.378 e. The normalized spacial score (nSPS) is 10.5. The molecule has 1 aromatic heterocycles. The first-order valence-electron chi connectivity index (χ1n) is 6.14. The Morgan fingerprint density at radius 2 is 1.89 bits per heavy atom. The van der Waals surface area contributed by atoms with Gasteiger partial charge in [0.1, 0.15) is 0 Å². The van der Waals surface area contributed by atoms with Gasteiger partial charge in [0.25, 0.3) is 0 Å². The summed E-state index contributed by atoms with van der Waals surface area (Å²) in [5.74, 6) is 0.0937. The number of carbonyl (C=O) groups excluding carboxylic acids is 1. The van der Waals surface area contributed by atoms with Crippen molar-refractivity contribution < 1.29 is 4.79 Å². The van der Waals surface area contributed by atoms with E-state index in [-0.39, 0.29) is 12.3 Å². The molecule has 0 aliphatic rings. The van der Waals surface area contributed by atoms with Crippen LogP contribution in [0, 0.1) is 13.8 Å². The zero-order valence-corrected chi connectivity index (χ0v) is 12.1. The molecular weight excluding hydrogens is 260 g/mol. The van der Waals surface area contributed by atoms with Gasteiger partial charge in [0, 0.05) is 34.7 Å². The molecule has 4 heteroatoms. The van der Waals surface area contributed by atoms with E-state index in [1.54, 1.807) is 12.1 Å². The maximum atomic E-state index is 12.2. The highest BCUT2D eigenvalue weighted by Gasteiger charge is 2.13. The minimum Gasteiger partial charge on any atom is -0.378 e. The summed E-state index contributed by atoms with van der Waals surface area (Å²) < 4.78 is 2.02. The summed E-state index contributed by atoms with van der Waals surface area (Å²) in [5, 5.41) is 3.80. The van der Waals surface area contributed by atoms with Crippen LogP contribution < -0.4 is 5.32 Å². The molecule has 0 bridgehead atoms. The number of Topliss-reactive ketones (excluding diaryl/α,β-unsaturated/α-hetero) is 1. The van der Waals surface area contributed by atoms with Gasteiger partial charge in [-0.15, -0.1) is 0 Å². The van der Waals surface area contributed by atoms with Crippen molar-refractivity contribution in [1.82, 2.24) is 4.57 Å². The number of hydrogen-bond acceptors (Lipinski definition) is 2. The number of anilines is 1. The highest BCUT2D eigenvalue weighted by Crippen LogP contribution is 2.16. The first-order chi connectivity index (χ1) is 8.99. The molecule has 19 heavy (non-hydrogen) atoms. The van der Waals surface area contributed by atoms with Crippen molar-refractivity contribution in [3.05, 3.63) is 52.3 Å². The first-order valence-corrected chi connectivity index (χ1v) is 6.52. The number of hydrogen-bond donors (Lipinski definition) is 1. The number of nitrogens with zero attached hydrogens (tertiary/aromatic N) is 1. The molecule has 2 rings (SSSR count). The van der Waals surface area contributed by atoms with Crippen LogP contribution >= 0.6 is 11.6 Å². The number of aromatic nitrogens is 1. The lowest BCUT2D eigenvalue weighted by Crippen LogP contribution is -2.14. The quantitative estimate of drug-likeness (QED) is 0.866. The second kappa shape index (κ2) is 5.49. The molecule has 0 amide bonds. The van der Waals surface area contributed by atoms with Gasteiger partial charge in [-0.05, 0) is 44.2 Å². The number of ketones is 1. The molecular formula is C15H17ClN2O. The molecule has 1 aromatic carbocycles. The molecule has 1 heterocycles. The molecule has 0 saturated carbocycles. The molecule has 0 spiro atoms. The van der Waals surface area contributed by atoms with E-state index in [1.807, 2.05) is 43.7 Å². The lowest BCUT2D eigenvalue weighted by molar-refractivity contribution is 0.101. The minimum absolute atomic E-state index is 0.0937. The second-order valence-corrected chi connectivity index (χ2v) is 5.06. The van der Waals surface area contributed by atoms with Gasteiger partial charge >= 0.3 is 0 Å². The fraction of sp³-hybridized carbons (Fsp3) is 0.267. The third-order valence-electron chi connectivity index (χ3n) is 3.37. The van der Waals surface area contributed by atoms with Crippen LogP contribution in [0.1, 0.15) is 21.7 Å². The molecule has 2 aromatic rings. The van der Waals surface area contributed by atoms with E-state index in [0.717, 1.165) is 22.6 Å². The van der Waals surface area contributed by atoms with Crippen molar-refractivity contribution in [3.8, 4) is 0 Å². The summed E-state index contributed by atoms with van der Waals surface area (Å²) in [6, 6.07) is 9.25. The van der Waals surface area contributed by atoms with Crippen LogP contribution in [0.25, 0.3) is 0 Å². The molecule has 3 nitrogen and oxygen atoms in total. The van der Waals surface area contributed by atoms with Crippen molar-refractivity contribution in [2.75, 3.05) is 11.9 Å². The van der Waals surface area contributed by atoms with Gasteiger partial charge in [-0.1, -0.05) is 11.6 Å². The third kappa shape index (κ3) is 2.99. The molecule has 1 N–H and O–H groups in total. The SMILES string of the molecule is Cc1cc(C(=O)CNc2ccc(Cl)cc2)c(C)n1C. The predicted octanol–water partition coefficient (Wildman–Crippen LogP) is 3.59. The van der Waals surface area contributed by atoms with Gasteiger partial charge in [-0.2, -0.15) is 0 Å². The number of carbonyl (C=O) groups is 1. The summed E-state index contributed by atoms with van der Waals surface area (Å²) in [5.41, 5.74) is 3.76. The van der Waals surface area contributed by atoms with Crippen LogP contribution in [0.4, 0.5) is 5.69 Å². The van der Waals surface area contributed by atoms with Crippen molar-refractivity contribution in [3.63, 3.8) is 0 Å². The lowest BCUT2D eigenvalue weighted by Gasteiger charge is -2.06. The molecule has 0 unspecified atom stereocenters. The number of aryl methyl sites for hydroxylation is 1. The van der Waals surface area contributed by atoms with Crippen LogP contribution in [0.3, 0.4) is 0 Å². The van der Waals surface area contributed by atoms with Crippen molar-refractivity contribution in [2.24, 2.45) is 7.05 Å². The van der Waals surface area contributed by atoms with Crippen LogP contribution in [0.5, 0.6) is 0 Å². The molecule has 100 valence electrons. The fourth-order valence-corrected chi connectivity index (χ4v) is 2.11. The number of benzene rings is 1. The molecule has 0 aliphatic carbocycles. The van der Waals surface area contributed by atoms with Crippen LogP contribution in [0.15, 0.2) is 30.3 Å². The third-order valence-corrected chi connectivity index (χ3v) is 3.62. The number of nitrogens with one attached hydrogen (secondary N) is 1. The zero-order chi connectivity index (χ0) is 14.0. The average molecular weight is 277 g/mol. The minimum atomic E-state index is 0.0937. The lowest BCUT2D eigenvalue weighted by atomic mass is 10.1. The Morgan fingerprint density at radius 1 is 1.26 bits per heavy atom. The topological polar surface area (TPSA) is 34.0 Å². The Bertz CT molecular complexity index is 599. The second-order valence-electron chi connectivity index (χ2n) is 4.63. The van der Waals surface area contributed by atoms with Gasteiger partial charge in [0.15, 0.2) is 5.78 Å². The van der Waals surface area contributed by atoms with Crippen molar-refractivity contribution >= 4 is 23.1 Å². The van der Waals surface area contributed by atoms with Crippen molar-refractivity contribution in [1.29, 1.82) is 0 Å². The first kappa shape index (κ1) is 13.7. The summed E-state index contributed by atoms with van der Waals surface area (Å²) in [4.78, 5) is 12.2. The average Bonchev–Trinajstić information content (AvgIpc) is 2.65. The summed E-state index contributed by atoms with van der Waals surface area (Å²) in [7, 11) is 1.97. The van der Waals surface area contributed by atoms with E-state index < -0.39 is 0 Å². The maximum Gasteiger partial charge on any atom is 0.183 e. The smallest absolute Gasteiger partial charge is 0.183 e. The van der Waals surface area contributed by atoms with E-state index in [9.17, 15) is 4.79 Å². The van der Waals surface area contributed by atoms with E-state index in [1.165, 1.54) is 0 Å². The molecule has 0 fully saturated rings. The molecule has 0 atom stereocenters. The summed E-state index contributed by atoms with van der Waals surface area (Å²) in [6.45, 7) is 4.24. The van der Waals surface area contributed by atoms with E-state index in [2.05, 4.69) is 5.32 Å². The standard InChI is InChI=1S/C15H17ClN2O/c1-10-8-14(11(2)18(10)3)15(19)9-17-13-6-4-12(16)5-7-13/h4-8,17H,9H2,1-3H3. The Labute approximate surface area is 118 Å². The highest BCUT2D eigenvalue weighted by molar-refractivity contribution is 6.30. The Balaban J connectivity index is 2.05. The molecule has 0 aliphatic heterocycles. The maximum absolute atomic E-state index is 12.2. The Kier molecular flexibility index (Phi) is 3.96. The number of halogens is 1. The Hall–Kier alpha value is -1.74. The summed E-state index contributed by atoms with van der Waals surface area (Å²) >= 11 is 5.81. The van der Waals surface area contributed by atoms with Gasteiger partial charge in [-0.3, -0.25) is 4.79 Å². The van der Waals surface area contributed by atoms with Crippen LogP contribution in [-0.4, -0.2) is 16.9 Å². The van der Waals surface area contributed by atoms with E-state index in [4.69, 9.17) is 11.6 Å². The zero-order valence-electron chi connectivity index (χ0n) is 11.3. The highest BCUT2D eigenvalue weighted by atomic mass is 35.5. The molecule has 0 saturated heterocycles. The van der Waals surface area contributed by atoms with Gasteiger partial charge in [0.05, 0.1) is 6.54 Å². The van der Waals surface area contributed by atoms with E-state index in [0.29, 0.717) is 5.02 Å². The summed E-state index contributed by atoms with van der Waals surface area (Å²) in [6.07, 6.45) is 0. The molecule has 0 radical (unpaired) electrons. The van der Waals surface area contributed by atoms with Crippen molar-refractivity contribution in [2.45, 2.75) is 13.8 Å². The van der Waals surface area contributed by atoms with Gasteiger partial charge in [0.2, 0.25) is 0 Å². The predicted molar refractivity (Wildman–Crippen MR) is 79.2 cm³/mol. The Morgan fingerprint density at radius 3 is 2.42 bits per heavy atom.